The van der Waals surface area contributed by atoms with Crippen molar-refractivity contribution in [3.63, 3.8) is 0 Å². The minimum absolute atomic E-state index is 0.600. The zero-order valence-electron chi connectivity index (χ0n) is 11.5. The third kappa shape index (κ3) is 2.72. The number of fused-ring (bicyclic) bond motifs is 2. The van der Waals surface area contributed by atoms with E-state index in [2.05, 4.69) is 13.8 Å². The number of aryl methyl sites for hydroxylation is 2. The molecular formula is C14H13FS4Se2. The summed E-state index contributed by atoms with van der Waals surface area (Å²) in [5.74, 6) is 0.600. The van der Waals surface area contributed by atoms with Gasteiger partial charge in [0.25, 0.3) is 0 Å². The molecular weight excluding hydrogens is 473 g/mol. The summed E-state index contributed by atoms with van der Waals surface area (Å²) in [6.07, 6.45) is 0. The summed E-state index contributed by atoms with van der Waals surface area (Å²) in [5, 5.41) is 2.83. The van der Waals surface area contributed by atoms with Crippen LogP contribution < -0.4 is 8.92 Å². The summed E-state index contributed by atoms with van der Waals surface area (Å²) >= 11 is 8.39. The fraction of sp³-hybridized carbons (Fsp3) is 0.429. The molecule has 2 aliphatic heterocycles. The van der Waals surface area contributed by atoms with Crippen LogP contribution in [0.1, 0.15) is 9.75 Å². The van der Waals surface area contributed by atoms with Crippen LogP contribution in [0, 0.1) is 13.8 Å². The molecule has 0 radical (unpaired) electrons. The summed E-state index contributed by atoms with van der Waals surface area (Å²) in [7, 11) is 0. The number of hydrogen-bond donors (Lipinski definition) is 0. The molecule has 0 amide bonds. The first-order valence-corrected chi connectivity index (χ1v) is 14.2. The average Bonchev–Trinajstić information content (AvgIpc) is 2.98. The van der Waals surface area contributed by atoms with Crippen LogP contribution in [0.15, 0.2) is 9.79 Å². The molecule has 0 bridgehead atoms. The van der Waals surface area contributed by atoms with Gasteiger partial charge >= 0.3 is 154 Å². The normalized spacial score (nSPS) is 21.2. The van der Waals surface area contributed by atoms with Gasteiger partial charge in [-0.15, -0.1) is 0 Å². The second-order valence-electron chi connectivity index (χ2n) is 4.83. The summed E-state index contributed by atoms with van der Waals surface area (Å²) in [5.41, 5.74) is -0.741. The van der Waals surface area contributed by atoms with Crippen LogP contribution in [-0.2, 0) is 0 Å². The van der Waals surface area contributed by atoms with Gasteiger partial charge in [0.15, 0.2) is 0 Å². The van der Waals surface area contributed by atoms with E-state index in [1.807, 2.05) is 22.7 Å². The number of thiophene rings is 2. The number of hydrogen-bond acceptors (Lipinski definition) is 4. The van der Waals surface area contributed by atoms with E-state index in [-0.39, 0.29) is 0 Å². The third-order valence-electron chi connectivity index (χ3n) is 3.36. The molecule has 112 valence electrons. The van der Waals surface area contributed by atoms with Crippen LogP contribution in [0.25, 0.3) is 9.75 Å². The predicted molar refractivity (Wildman–Crippen MR) is 99.0 cm³/mol. The Kier molecular flexibility index (Phi) is 4.58. The molecule has 0 fully saturated rings. The van der Waals surface area contributed by atoms with Crippen molar-refractivity contribution >= 4 is 85.0 Å². The van der Waals surface area contributed by atoms with Gasteiger partial charge in [-0.25, -0.2) is 0 Å². The maximum absolute atomic E-state index is 13.7. The van der Waals surface area contributed by atoms with E-state index < -0.39 is 5.50 Å². The van der Waals surface area contributed by atoms with E-state index in [1.54, 1.807) is 25.6 Å². The van der Waals surface area contributed by atoms with E-state index in [9.17, 15) is 4.39 Å². The number of halogens is 1. The molecule has 0 aliphatic carbocycles. The Bertz CT molecular complexity index is 706. The first-order valence-electron chi connectivity index (χ1n) is 6.61. The van der Waals surface area contributed by atoms with Gasteiger partial charge in [0.2, 0.25) is 0 Å². The summed E-state index contributed by atoms with van der Waals surface area (Å²) < 4.78 is 17.1. The topological polar surface area (TPSA) is 0 Å². The molecule has 2 aliphatic rings. The zero-order valence-corrected chi connectivity index (χ0v) is 18.2. The Morgan fingerprint density at radius 2 is 1.67 bits per heavy atom. The SMILES string of the molecule is Cc1sc(-c2sc(C)c3c2[Se]CC[Se]3)c2c1SC(F)CS2. The van der Waals surface area contributed by atoms with Crippen LogP contribution >= 0.6 is 46.2 Å². The summed E-state index contributed by atoms with van der Waals surface area (Å²) in [4.78, 5) is 8.40. The first-order chi connectivity index (χ1) is 10.1. The van der Waals surface area contributed by atoms with Crippen molar-refractivity contribution in [1.82, 2.24) is 0 Å². The van der Waals surface area contributed by atoms with Gasteiger partial charge in [-0.05, 0) is 0 Å². The number of alkyl halides is 1. The second-order valence-corrected chi connectivity index (χ2v) is 14.1. The van der Waals surface area contributed by atoms with Gasteiger partial charge in [-0.2, -0.15) is 0 Å². The van der Waals surface area contributed by atoms with Crippen LogP contribution in [0.5, 0.6) is 0 Å². The Morgan fingerprint density at radius 3 is 2.48 bits per heavy atom. The van der Waals surface area contributed by atoms with E-state index in [0.717, 1.165) is 0 Å². The minimum atomic E-state index is -0.741. The van der Waals surface area contributed by atoms with Gasteiger partial charge in [-0.3, -0.25) is 0 Å². The third-order valence-corrected chi connectivity index (χ3v) is 16.1. The molecule has 4 heterocycles. The molecule has 0 nitrogen and oxygen atoms in total. The van der Waals surface area contributed by atoms with Gasteiger partial charge in [0.05, 0.1) is 0 Å². The molecule has 4 rings (SSSR count). The van der Waals surface area contributed by atoms with Crippen molar-refractivity contribution in [2.24, 2.45) is 0 Å². The maximum atomic E-state index is 13.7. The Balaban J connectivity index is 1.87. The molecule has 0 spiro atoms. The molecule has 21 heavy (non-hydrogen) atoms. The van der Waals surface area contributed by atoms with Crippen molar-refractivity contribution in [2.75, 3.05) is 5.75 Å². The van der Waals surface area contributed by atoms with Crippen molar-refractivity contribution in [1.29, 1.82) is 0 Å². The second kappa shape index (κ2) is 6.18. The van der Waals surface area contributed by atoms with E-state index in [1.165, 1.54) is 46.8 Å². The van der Waals surface area contributed by atoms with Crippen LogP contribution in [-0.4, -0.2) is 41.2 Å². The van der Waals surface area contributed by atoms with Crippen LogP contribution in [0.3, 0.4) is 0 Å². The number of rotatable bonds is 1. The number of thioether (sulfide) groups is 2. The average molecular weight is 486 g/mol. The van der Waals surface area contributed by atoms with Crippen LogP contribution in [0.2, 0.25) is 10.6 Å². The predicted octanol–water partition coefficient (Wildman–Crippen LogP) is 4.10. The van der Waals surface area contributed by atoms with Crippen molar-refractivity contribution in [2.45, 2.75) is 39.8 Å². The molecule has 0 N–H and O–H groups in total. The molecule has 0 aromatic carbocycles. The fourth-order valence-corrected chi connectivity index (χ4v) is 15.4. The quantitative estimate of drug-likeness (QED) is 0.557. The van der Waals surface area contributed by atoms with Gasteiger partial charge in [0, 0.05) is 0 Å². The van der Waals surface area contributed by atoms with E-state index in [0.29, 0.717) is 35.7 Å². The zero-order chi connectivity index (χ0) is 14.6. The summed E-state index contributed by atoms with van der Waals surface area (Å²) in [6, 6.07) is 0. The van der Waals surface area contributed by atoms with Gasteiger partial charge in [0.1, 0.15) is 0 Å². The van der Waals surface area contributed by atoms with Crippen molar-refractivity contribution < 1.29 is 4.39 Å². The fourth-order valence-electron chi connectivity index (χ4n) is 2.48. The Morgan fingerprint density at radius 1 is 0.952 bits per heavy atom. The van der Waals surface area contributed by atoms with Crippen molar-refractivity contribution in [3.8, 4) is 9.75 Å². The standard InChI is InChI=1S/C14H13FS4Se2/c1-6-9-10(16-5-8(15)19-9)11(17-6)12-14-13(7(2)18-12)20-3-4-21-14/h8H,3-5H2,1-2H3. The molecule has 1 atom stereocenters. The monoisotopic (exact) mass is 488 g/mol. The molecule has 7 heteroatoms. The molecule has 0 saturated carbocycles. The molecule has 2 aromatic rings. The van der Waals surface area contributed by atoms with Crippen molar-refractivity contribution in [3.05, 3.63) is 9.75 Å². The van der Waals surface area contributed by atoms with Gasteiger partial charge in [-0.1, -0.05) is 0 Å². The van der Waals surface area contributed by atoms with E-state index >= 15 is 0 Å². The molecule has 1 unspecified atom stereocenters. The molecule has 2 aromatic heterocycles. The van der Waals surface area contributed by atoms with Gasteiger partial charge < -0.3 is 0 Å². The summed E-state index contributed by atoms with van der Waals surface area (Å²) in [6.45, 7) is 4.45. The van der Waals surface area contributed by atoms with E-state index in [4.69, 9.17) is 0 Å². The first kappa shape index (κ1) is 15.6. The molecule has 0 saturated heterocycles. The van der Waals surface area contributed by atoms with Crippen LogP contribution in [0.4, 0.5) is 4.39 Å². The Labute approximate surface area is 153 Å². The Hall–Kier alpha value is 1.07.